The Hall–Kier alpha value is -2.52. The summed E-state index contributed by atoms with van der Waals surface area (Å²) in [7, 11) is -3.32. The van der Waals surface area contributed by atoms with Crippen LogP contribution in [0, 0.1) is 5.92 Å². The number of aromatic nitrogens is 1. The molecule has 1 aromatic heterocycles. The Kier molecular flexibility index (Phi) is 6.72. The van der Waals surface area contributed by atoms with Gasteiger partial charge in [-0.3, -0.25) is 19.7 Å². The van der Waals surface area contributed by atoms with Gasteiger partial charge in [-0.05, 0) is 37.8 Å². The molecule has 0 radical (unpaired) electrons. The zero-order chi connectivity index (χ0) is 21.9. The molecule has 10 heteroatoms. The van der Waals surface area contributed by atoms with Crippen LogP contribution < -0.4 is 5.32 Å². The smallest absolute Gasteiger partial charge is 0.294 e. The molecule has 1 N–H and O–H groups in total. The zero-order valence-corrected chi connectivity index (χ0v) is 18.5. The number of hydrogen-bond donors (Lipinski definition) is 1. The maximum atomic E-state index is 13.1. The molecule has 30 heavy (non-hydrogen) atoms. The van der Waals surface area contributed by atoms with E-state index in [4.69, 9.17) is 11.6 Å². The summed E-state index contributed by atoms with van der Waals surface area (Å²) in [6.45, 7) is 6.11. The minimum absolute atomic E-state index is 0.0908. The Morgan fingerprint density at radius 1 is 1.43 bits per heavy atom. The van der Waals surface area contributed by atoms with E-state index in [0.717, 1.165) is 25.5 Å². The van der Waals surface area contributed by atoms with Gasteiger partial charge in [0.25, 0.3) is 5.91 Å². The number of amides is 1. The Labute approximate surface area is 181 Å². The SMILES string of the molecule is C=C(Cl)/N=C1\C(=C/C)NC(=NCc2ccc(S(C)(=O)=O)cn2)C(=O)N1CC1CCC1. The summed E-state index contributed by atoms with van der Waals surface area (Å²) in [5.41, 5.74) is 1.17. The third-order valence-electron chi connectivity index (χ3n) is 5.00. The first-order chi connectivity index (χ1) is 14.2. The summed E-state index contributed by atoms with van der Waals surface area (Å²) in [5, 5.41) is 3.11. The van der Waals surface area contributed by atoms with Crippen molar-refractivity contribution < 1.29 is 13.2 Å². The first kappa shape index (κ1) is 22.2. The molecular weight excluding hydrogens is 426 g/mol. The number of nitrogens with zero attached hydrogens (tertiary/aromatic N) is 4. The summed E-state index contributed by atoms with van der Waals surface area (Å²) in [5.74, 6) is 0.738. The van der Waals surface area contributed by atoms with Gasteiger partial charge in [0.1, 0.15) is 5.16 Å². The van der Waals surface area contributed by atoms with Crippen LogP contribution in [0.3, 0.4) is 0 Å². The molecular formula is C20H24ClN5O3S. The molecule has 0 spiro atoms. The summed E-state index contributed by atoms with van der Waals surface area (Å²) in [6, 6.07) is 3.06. The number of carbonyl (C=O) groups is 1. The minimum atomic E-state index is -3.32. The van der Waals surface area contributed by atoms with Gasteiger partial charge >= 0.3 is 0 Å². The van der Waals surface area contributed by atoms with Gasteiger partial charge in [0.05, 0.1) is 22.8 Å². The van der Waals surface area contributed by atoms with Crippen LogP contribution in [0.25, 0.3) is 0 Å². The predicted octanol–water partition coefficient (Wildman–Crippen LogP) is 2.63. The Morgan fingerprint density at radius 3 is 2.67 bits per heavy atom. The van der Waals surface area contributed by atoms with Crippen molar-refractivity contribution in [2.45, 2.75) is 37.6 Å². The fraction of sp³-hybridized carbons (Fsp3) is 0.400. The van der Waals surface area contributed by atoms with E-state index >= 15 is 0 Å². The lowest BCUT2D eigenvalue weighted by molar-refractivity contribution is -0.121. The van der Waals surface area contributed by atoms with E-state index in [0.29, 0.717) is 29.7 Å². The van der Waals surface area contributed by atoms with Crippen molar-refractivity contribution in [3.8, 4) is 0 Å². The van der Waals surface area contributed by atoms with E-state index in [1.165, 1.54) is 12.3 Å². The largest absolute Gasteiger partial charge is 0.333 e. The molecule has 1 aliphatic carbocycles. The number of aliphatic imine (C=N–C) groups is 2. The summed E-state index contributed by atoms with van der Waals surface area (Å²) >= 11 is 5.90. The number of amidine groups is 2. The fourth-order valence-electron chi connectivity index (χ4n) is 3.14. The topological polar surface area (TPSA) is 104 Å². The van der Waals surface area contributed by atoms with Crippen molar-refractivity contribution >= 4 is 39.0 Å². The van der Waals surface area contributed by atoms with Crippen molar-refractivity contribution in [2.75, 3.05) is 12.8 Å². The van der Waals surface area contributed by atoms with Crippen LogP contribution in [-0.2, 0) is 21.2 Å². The number of allylic oxidation sites excluding steroid dienone is 1. The van der Waals surface area contributed by atoms with Gasteiger partial charge in [-0.25, -0.2) is 13.4 Å². The highest BCUT2D eigenvalue weighted by molar-refractivity contribution is 7.90. The maximum absolute atomic E-state index is 13.1. The van der Waals surface area contributed by atoms with Crippen LogP contribution in [-0.4, -0.2) is 48.7 Å². The Morgan fingerprint density at radius 2 is 2.17 bits per heavy atom. The van der Waals surface area contributed by atoms with Crippen molar-refractivity contribution in [1.29, 1.82) is 0 Å². The number of hydrogen-bond acceptors (Lipinski definition) is 6. The average molecular weight is 450 g/mol. The molecule has 8 nitrogen and oxygen atoms in total. The maximum Gasteiger partial charge on any atom is 0.294 e. The normalized spacial score (nSPS) is 21.8. The van der Waals surface area contributed by atoms with Crippen LogP contribution in [0.4, 0.5) is 0 Å². The van der Waals surface area contributed by atoms with Gasteiger partial charge in [0.15, 0.2) is 21.5 Å². The second kappa shape index (κ2) is 9.09. The zero-order valence-electron chi connectivity index (χ0n) is 16.9. The molecule has 1 amide bonds. The van der Waals surface area contributed by atoms with Gasteiger partial charge in [-0.1, -0.05) is 30.7 Å². The average Bonchev–Trinajstić information content (AvgIpc) is 2.65. The van der Waals surface area contributed by atoms with Crippen LogP contribution >= 0.6 is 11.6 Å². The van der Waals surface area contributed by atoms with Crippen molar-refractivity contribution in [2.24, 2.45) is 15.9 Å². The van der Waals surface area contributed by atoms with Crippen molar-refractivity contribution in [3.63, 3.8) is 0 Å². The van der Waals surface area contributed by atoms with Gasteiger partial charge in [0.2, 0.25) is 0 Å². The fourth-order valence-corrected chi connectivity index (χ4v) is 3.78. The molecule has 160 valence electrons. The molecule has 2 aliphatic rings. The quantitative estimate of drug-likeness (QED) is 0.672. The monoisotopic (exact) mass is 449 g/mol. The molecule has 2 heterocycles. The van der Waals surface area contributed by atoms with E-state index in [2.05, 4.69) is 26.9 Å². The molecule has 0 unspecified atom stereocenters. The first-order valence-electron chi connectivity index (χ1n) is 9.57. The number of pyridine rings is 1. The van der Waals surface area contributed by atoms with Gasteiger partial charge in [-0.15, -0.1) is 0 Å². The van der Waals surface area contributed by atoms with E-state index in [9.17, 15) is 13.2 Å². The molecule has 1 saturated heterocycles. The lowest BCUT2D eigenvalue weighted by atomic mass is 9.85. The Bertz CT molecular complexity index is 1040. The van der Waals surface area contributed by atoms with E-state index in [1.807, 2.05) is 6.92 Å². The van der Waals surface area contributed by atoms with E-state index in [-0.39, 0.29) is 28.3 Å². The van der Waals surface area contributed by atoms with Crippen LogP contribution in [0.1, 0.15) is 31.9 Å². The molecule has 1 saturated carbocycles. The summed E-state index contributed by atoms with van der Waals surface area (Å²) in [4.78, 5) is 27.6. The first-order valence-corrected chi connectivity index (χ1v) is 11.8. The molecule has 0 aromatic carbocycles. The van der Waals surface area contributed by atoms with Crippen molar-refractivity contribution in [3.05, 3.63) is 47.5 Å². The highest BCUT2D eigenvalue weighted by Gasteiger charge is 2.35. The number of carbonyl (C=O) groups excluding carboxylic acids is 1. The minimum Gasteiger partial charge on any atom is -0.333 e. The molecule has 1 aromatic rings. The van der Waals surface area contributed by atoms with E-state index in [1.54, 1.807) is 17.0 Å². The predicted molar refractivity (Wildman–Crippen MR) is 117 cm³/mol. The molecule has 0 atom stereocenters. The number of halogens is 1. The summed E-state index contributed by atoms with van der Waals surface area (Å²) in [6.07, 6.45) is 7.51. The number of nitrogens with one attached hydrogen (secondary N) is 1. The highest BCUT2D eigenvalue weighted by Crippen LogP contribution is 2.28. The third-order valence-corrected chi connectivity index (χ3v) is 6.19. The molecule has 0 bridgehead atoms. The van der Waals surface area contributed by atoms with Gasteiger partial charge < -0.3 is 5.32 Å². The molecule has 1 aliphatic heterocycles. The summed E-state index contributed by atoms with van der Waals surface area (Å²) < 4.78 is 23.1. The van der Waals surface area contributed by atoms with Gasteiger partial charge in [0, 0.05) is 19.0 Å². The van der Waals surface area contributed by atoms with Crippen LogP contribution in [0.5, 0.6) is 0 Å². The van der Waals surface area contributed by atoms with Crippen LogP contribution in [0.15, 0.2) is 56.7 Å². The van der Waals surface area contributed by atoms with Crippen molar-refractivity contribution in [1.82, 2.24) is 15.2 Å². The second-order valence-electron chi connectivity index (χ2n) is 7.27. The highest BCUT2D eigenvalue weighted by atomic mass is 35.5. The second-order valence-corrected chi connectivity index (χ2v) is 9.73. The lowest BCUT2D eigenvalue weighted by Crippen LogP contribution is -2.56. The van der Waals surface area contributed by atoms with Crippen LogP contribution in [0.2, 0.25) is 0 Å². The number of piperazine rings is 1. The van der Waals surface area contributed by atoms with E-state index < -0.39 is 9.84 Å². The Balaban J connectivity index is 1.85. The molecule has 2 fully saturated rings. The number of rotatable bonds is 6. The third kappa shape index (κ3) is 5.14. The standard InChI is InChI=1S/C20H24ClN5O3S/c1-4-17-19(24-13(2)21)26(12-14-6-5-7-14)20(27)18(25-17)23-10-15-8-9-16(11-22-15)30(3,28)29/h4,8-9,11,14H,2,5-7,10,12H2,1,3H3,(H,23,25)/b17-4+,24-19+. The number of sulfone groups is 1. The molecule has 3 rings (SSSR count). The van der Waals surface area contributed by atoms with Gasteiger partial charge in [-0.2, -0.15) is 0 Å². The lowest BCUT2D eigenvalue weighted by Gasteiger charge is -2.36.